The summed E-state index contributed by atoms with van der Waals surface area (Å²) >= 11 is 0. The van der Waals surface area contributed by atoms with E-state index in [1.165, 1.54) is 18.2 Å². The molecule has 1 aromatic rings. The maximum atomic E-state index is 12.1. The van der Waals surface area contributed by atoms with Gasteiger partial charge in [0.15, 0.2) is 17.3 Å². The van der Waals surface area contributed by atoms with E-state index >= 15 is 0 Å². The van der Waals surface area contributed by atoms with E-state index in [1.54, 1.807) is 0 Å². The molecule has 5 nitrogen and oxygen atoms in total. The van der Waals surface area contributed by atoms with Gasteiger partial charge in [0.25, 0.3) is 0 Å². The van der Waals surface area contributed by atoms with Gasteiger partial charge in [-0.1, -0.05) is 0 Å². The predicted octanol–water partition coefficient (Wildman–Crippen LogP) is 1.39. The summed E-state index contributed by atoms with van der Waals surface area (Å²) in [7, 11) is 0. The van der Waals surface area contributed by atoms with Gasteiger partial charge in [-0.3, -0.25) is 9.69 Å². The Labute approximate surface area is 112 Å². The fourth-order valence-electron chi connectivity index (χ4n) is 2.24. The molecule has 5 heteroatoms. The minimum Gasteiger partial charge on any atom is -0.504 e. The summed E-state index contributed by atoms with van der Waals surface area (Å²) in [5.41, 5.74) is 0.162. The topological polar surface area (TPSA) is 70.0 Å². The number of benzene rings is 1. The molecule has 104 valence electrons. The van der Waals surface area contributed by atoms with Crippen molar-refractivity contribution in [2.24, 2.45) is 0 Å². The number of rotatable bonds is 3. The largest absolute Gasteiger partial charge is 0.504 e. The zero-order chi connectivity index (χ0) is 14.0. The minimum absolute atomic E-state index is 0.0759. The van der Waals surface area contributed by atoms with Gasteiger partial charge < -0.3 is 14.9 Å². The number of ketones is 1. The Balaban J connectivity index is 2.02. The van der Waals surface area contributed by atoms with Crippen molar-refractivity contribution in [3.05, 3.63) is 23.8 Å². The molecule has 1 aromatic carbocycles. The highest BCUT2D eigenvalue weighted by molar-refractivity contribution is 5.98. The van der Waals surface area contributed by atoms with E-state index in [9.17, 15) is 15.0 Å². The van der Waals surface area contributed by atoms with Crippen LogP contribution in [0.5, 0.6) is 11.5 Å². The first kappa shape index (κ1) is 13.8. The molecule has 1 aliphatic rings. The number of ether oxygens (including phenoxy) is 1. The summed E-state index contributed by atoms with van der Waals surface area (Å²) in [4.78, 5) is 14.1. The summed E-state index contributed by atoms with van der Waals surface area (Å²) in [6.07, 6.45) is 0. The van der Waals surface area contributed by atoms with Crippen molar-refractivity contribution in [1.82, 2.24) is 4.90 Å². The highest BCUT2D eigenvalue weighted by Crippen LogP contribution is 2.25. The third-order valence-corrected chi connectivity index (χ3v) is 3.17. The van der Waals surface area contributed by atoms with Crippen LogP contribution in [0.15, 0.2) is 18.2 Å². The van der Waals surface area contributed by atoms with E-state index in [1.807, 2.05) is 18.7 Å². The van der Waals surface area contributed by atoms with Crippen LogP contribution in [0.25, 0.3) is 0 Å². The molecule has 1 saturated heterocycles. The fraction of sp³-hybridized carbons (Fsp3) is 0.500. The first-order valence-corrected chi connectivity index (χ1v) is 6.29. The second kappa shape index (κ2) is 5.19. The van der Waals surface area contributed by atoms with Gasteiger partial charge in [-0.2, -0.15) is 0 Å². The molecule has 19 heavy (non-hydrogen) atoms. The van der Waals surface area contributed by atoms with Crippen LogP contribution in [0.4, 0.5) is 0 Å². The van der Waals surface area contributed by atoms with Crippen molar-refractivity contribution in [2.75, 3.05) is 26.2 Å². The van der Waals surface area contributed by atoms with Gasteiger partial charge in [-0.25, -0.2) is 0 Å². The van der Waals surface area contributed by atoms with Gasteiger partial charge in [0.2, 0.25) is 0 Å². The van der Waals surface area contributed by atoms with Crippen molar-refractivity contribution in [3.8, 4) is 11.5 Å². The molecule has 0 radical (unpaired) electrons. The second-order valence-electron chi connectivity index (χ2n) is 5.45. The normalized spacial score (nSPS) is 19.3. The Morgan fingerprint density at radius 1 is 1.37 bits per heavy atom. The first-order chi connectivity index (χ1) is 8.87. The highest BCUT2D eigenvalue weighted by Gasteiger charge is 2.28. The number of aromatic hydroxyl groups is 2. The third kappa shape index (κ3) is 3.45. The van der Waals surface area contributed by atoms with Gasteiger partial charge in [0.1, 0.15) is 0 Å². The molecule has 0 aliphatic carbocycles. The molecule has 0 amide bonds. The molecule has 0 aromatic heterocycles. The number of nitrogens with zero attached hydrogens (tertiary/aromatic N) is 1. The lowest BCUT2D eigenvalue weighted by Gasteiger charge is -2.37. The van der Waals surface area contributed by atoms with E-state index in [0.717, 1.165) is 6.54 Å². The molecule has 2 N–H and O–H groups in total. The smallest absolute Gasteiger partial charge is 0.176 e. The van der Waals surface area contributed by atoms with E-state index < -0.39 is 0 Å². The Morgan fingerprint density at radius 3 is 2.74 bits per heavy atom. The summed E-state index contributed by atoms with van der Waals surface area (Å²) < 4.78 is 5.59. The first-order valence-electron chi connectivity index (χ1n) is 6.29. The van der Waals surface area contributed by atoms with Gasteiger partial charge in [-0.05, 0) is 32.0 Å². The second-order valence-corrected chi connectivity index (χ2v) is 5.45. The van der Waals surface area contributed by atoms with Crippen LogP contribution in [0.2, 0.25) is 0 Å². The van der Waals surface area contributed by atoms with E-state index in [0.29, 0.717) is 18.7 Å². The van der Waals surface area contributed by atoms with Gasteiger partial charge in [0.05, 0.1) is 18.8 Å². The highest BCUT2D eigenvalue weighted by atomic mass is 16.5. The van der Waals surface area contributed by atoms with Crippen molar-refractivity contribution >= 4 is 5.78 Å². The molecule has 0 unspecified atom stereocenters. The van der Waals surface area contributed by atoms with Gasteiger partial charge in [-0.15, -0.1) is 0 Å². The monoisotopic (exact) mass is 265 g/mol. The summed E-state index contributed by atoms with van der Waals surface area (Å²) in [6.45, 7) is 6.31. The number of morpholine rings is 1. The van der Waals surface area contributed by atoms with Crippen LogP contribution in [0.1, 0.15) is 24.2 Å². The van der Waals surface area contributed by atoms with Crippen molar-refractivity contribution in [1.29, 1.82) is 0 Å². The number of carbonyl (C=O) groups is 1. The molecule has 2 rings (SSSR count). The zero-order valence-corrected chi connectivity index (χ0v) is 11.2. The van der Waals surface area contributed by atoms with Crippen LogP contribution < -0.4 is 0 Å². The van der Waals surface area contributed by atoms with Crippen LogP contribution in [0.3, 0.4) is 0 Å². The van der Waals surface area contributed by atoms with E-state index in [4.69, 9.17) is 4.74 Å². The Kier molecular flexibility index (Phi) is 3.78. The molecular weight excluding hydrogens is 246 g/mol. The summed E-state index contributed by atoms with van der Waals surface area (Å²) in [5, 5.41) is 18.6. The maximum absolute atomic E-state index is 12.1. The van der Waals surface area contributed by atoms with E-state index in [2.05, 4.69) is 0 Å². The SMILES string of the molecule is CC1(C)CN(CC(=O)c2ccc(O)c(O)c2)CCO1. The van der Waals surface area contributed by atoms with Crippen LogP contribution in [-0.4, -0.2) is 52.7 Å². The van der Waals surface area contributed by atoms with Gasteiger partial charge in [0, 0.05) is 18.7 Å². The number of Topliss-reactive ketones (excluding diaryl/α,β-unsaturated/α-hetero) is 1. The molecule has 0 bridgehead atoms. The number of hydrogen-bond donors (Lipinski definition) is 2. The van der Waals surface area contributed by atoms with E-state index in [-0.39, 0.29) is 29.4 Å². The average molecular weight is 265 g/mol. The number of hydrogen-bond acceptors (Lipinski definition) is 5. The van der Waals surface area contributed by atoms with Crippen LogP contribution >= 0.6 is 0 Å². The lowest BCUT2D eigenvalue weighted by molar-refractivity contribution is -0.0833. The van der Waals surface area contributed by atoms with Crippen LogP contribution in [-0.2, 0) is 4.74 Å². The number of carbonyl (C=O) groups excluding carboxylic acids is 1. The van der Waals surface area contributed by atoms with Crippen LogP contribution in [0, 0.1) is 0 Å². The fourth-order valence-corrected chi connectivity index (χ4v) is 2.24. The summed E-state index contributed by atoms with van der Waals surface area (Å²) in [6, 6.07) is 4.14. The van der Waals surface area contributed by atoms with Crippen molar-refractivity contribution < 1.29 is 19.7 Å². The number of phenols is 2. The average Bonchev–Trinajstić information content (AvgIpc) is 2.31. The Bertz CT molecular complexity index is 484. The van der Waals surface area contributed by atoms with Gasteiger partial charge >= 0.3 is 0 Å². The molecule has 0 saturated carbocycles. The summed E-state index contributed by atoms with van der Waals surface area (Å²) in [5.74, 6) is -0.565. The standard InChI is InChI=1S/C14H19NO4/c1-14(2)9-15(5-6-19-14)8-13(18)10-3-4-11(16)12(17)7-10/h3-4,7,16-17H,5-6,8-9H2,1-2H3. The lowest BCUT2D eigenvalue weighted by Crippen LogP contribution is -2.49. The van der Waals surface area contributed by atoms with Crippen molar-refractivity contribution in [2.45, 2.75) is 19.4 Å². The third-order valence-electron chi connectivity index (χ3n) is 3.17. The molecule has 0 spiro atoms. The van der Waals surface area contributed by atoms with Crippen molar-refractivity contribution in [3.63, 3.8) is 0 Å². The Hall–Kier alpha value is -1.59. The molecule has 1 fully saturated rings. The molecule has 1 heterocycles. The number of phenolic OH excluding ortho intramolecular Hbond substituents is 2. The quantitative estimate of drug-likeness (QED) is 0.638. The zero-order valence-electron chi connectivity index (χ0n) is 11.2. The predicted molar refractivity (Wildman–Crippen MR) is 70.6 cm³/mol. The molecular formula is C14H19NO4. The Morgan fingerprint density at radius 2 is 2.11 bits per heavy atom. The maximum Gasteiger partial charge on any atom is 0.176 e. The minimum atomic E-state index is -0.270. The lowest BCUT2D eigenvalue weighted by atomic mass is 10.1. The molecule has 1 aliphatic heterocycles. The molecule has 0 atom stereocenters.